The van der Waals surface area contributed by atoms with Gasteiger partial charge in [0.2, 0.25) is 0 Å². The van der Waals surface area contributed by atoms with Gasteiger partial charge in [-0.05, 0) is 0 Å². The van der Waals surface area contributed by atoms with Crippen LogP contribution in [0.4, 0.5) is 0 Å². The van der Waals surface area contributed by atoms with Crippen LogP contribution in [-0.2, 0) is 19.5 Å². The van der Waals surface area contributed by atoms with E-state index in [4.69, 9.17) is 0 Å². The topological polar surface area (TPSA) is 0 Å². The van der Waals surface area contributed by atoms with Gasteiger partial charge in [0.25, 0.3) is 0 Å². The molecule has 4 heavy (non-hydrogen) atoms. The molecule has 4 heteroatoms. The summed E-state index contributed by atoms with van der Waals surface area (Å²) in [6.45, 7) is 0. The van der Waals surface area contributed by atoms with E-state index in [1.165, 1.54) is 0 Å². The summed E-state index contributed by atoms with van der Waals surface area (Å²) >= 11 is 0. The smallest absolute Gasteiger partial charge is 0 e. The van der Waals surface area contributed by atoms with E-state index in [0.717, 1.165) is 0 Å². The molecular formula is GaLiSrZn. The fourth-order valence-electron chi connectivity index (χ4n) is 0. The Hall–Kier alpha value is 3.34. The van der Waals surface area contributed by atoms with Gasteiger partial charge < -0.3 is 0 Å². The first-order chi connectivity index (χ1) is 0. The summed E-state index contributed by atoms with van der Waals surface area (Å²) in [6.07, 6.45) is 0. The molecule has 0 aromatic rings. The maximum Gasteiger partial charge on any atom is 0 e. The van der Waals surface area contributed by atoms with Crippen LogP contribution in [0.15, 0.2) is 0 Å². The van der Waals surface area contributed by atoms with Gasteiger partial charge in [0.15, 0.2) is 0 Å². The van der Waals surface area contributed by atoms with Crippen LogP contribution in [0.1, 0.15) is 0 Å². The Morgan fingerprint density at radius 2 is 1.00 bits per heavy atom. The maximum absolute atomic E-state index is 0. The van der Waals surface area contributed by atoms with Gasteiger partial charge in [-0.15, -0.1) is 0 Å². The summed E-state index contributed by atoms with van der Waals surface area (Å²) in [5.41, 5.74) is 0. The Labute approximate surface area is 101 Å². The quantitative estimate of drug-likeness (QED) is 0.461. The van der Waals surface area contributed by atoms with Crippen molar-refractivity contribution in [1.29, 1.82) is 0 Å². The number of hydrogen-bond acceptors (Lipinski definition) is 0. The summed E-state index contributed by atoms with van der Waals surface area (Å²) in [7, 11) is 0. The standard InChI is InChI=1S/Ga.Li.Sr.Zn. The van der Waals surface area contributed by atoms with E-state index in [-0.39, 0.29) is 104 Å². The van der Waals surface area contributed by atoms with E-state index < -0.39 is 0 Å². The van der Waals surface area contributed by atoms with Crippen molar-refractivity contribution in [2.24, 2.45) is 0 Å². The van der Waals surface area contributed by atoms with Gasteiger partial charge in [-0.25, -0.2) is 0 Å². The molecule has 6 radical (unpaired) electrons. The van der Waals surface area contributed by atoms with Crippen molar-refractivity contribution in [3.63, 3.8) is 0 Å². The van der Waals surface area contributed by atoms with Crippen molar-refractivity contribution in [3.05, 3.63) is 0 Å². The summed E-state index contributed by atoms with van der Waals surface area (Å²) in [6, 6.07) is 0. The van der Waals surface area contributed by atoms with Crippen LogP contribution in [0.3, 0.4) is 0 Å². The van der Waals surface area contributed by atoms with E-state index in [1.807, 2.05) is 0 Å². The Balaban J connectivity index is 0. The number of rotatable bonds is 0. The van der Waals surface area contributed by atoms with Crippen molar-refractivity contribution in [1.82, 2.24) is 0 Å². The average molecular weight is 230 g/mol. The Morgan fingerprint density at radius 1 is 1.00 bits per heavy atom. The third-order valence-corrected chi connectivity index (χ3v) is 0. The third-order valence-electron chi connectivity index (χ3n) is 0. The predicted molar refractivity (Wildman–Crippen MR) is 17.3 cm³/mol. The molecule has 8 valence electrons. The maximum atomic E-state index is 0. The van der Waals surface area contributed by atoms with Crippen molar-refractivity contribution >= 4 is 84.1 Å². The first kappa shape index (κ1) is 26.5. The molecule has 0 aromatic carbocycles. The van der Waals surface area contributed by atoms with Gasteiger partial charge in [0, 0.05) is 104 Å². The molecule has 0 aliphatic carbocycles. The average Bonchev–Trinajstić information content (AvgIpc) is 0. The molecule has 0 bridgehead atoms. The van der Waals surface area contributed by atoms with Crippen LogP contribution in [0, 0.1) is 0 Å². The van der Waals surface area contributed by atoms with E-state index in [2.05, 4.69) is 0 Å². The molecule has 0 saturated heterocycles. The fraction of sp³-hybridized carbons (Fsp3) is 0. The molecule has 0 aromatic heterocycles. The molecule has 0 amide bonds. The van der Waals surface area contributed by atoms with Gasteiger partial charge in [-0.2, -0.15) is 0 Å². The van der Waals surface area contributed by atoms with Crippen LogP contribution in [0.25, 0.3) is 0 Å². The second kappa shape index (κ2) is 16.2. The van der Waals surface area contributed by atoms with E-state index in [9.17, 15) is 0 Å². The molecule has 0 N–H and O–H groups in total. The fourth-order valence-corrected chi connectivity index (χ4v) is 0. The van der Waals surface area contributed by atoms with Crippen molar-refractivity contribution in [2.75, 3.05) is 0 Å². The van der Waals surface area contributed by atoms with Crippen LogP contribution in [0.5, 0.6) is 0 Å². The predicted octanol–water partition coefficient (Wildman–Crippen LogP) is -1.14. The third kappa shape index (κ3) is 9.02. The molecule has 0 aliphatic heterocycles. The number of hydrogen-bond donors (Lipinski definition) is 0. The van der Waals surface area contributed by atoms with E-state index >= 15 is 0 Å². The molecule has 0 aliphatic rings. The van der Waals surface area contributed by atoms with Gasteiger partial charge in [0.1, 0.15) is 0 Å². The zero-order valence-electron chi connectivity index (χ0n) is 2.99. The van der Waals surface area contributed by atoms with Crippen molar-refractivity contribution < 1.29 is 19.5 Å². The first-order valence-electron chi connectivity index (χ1n) is 0. The molecule has 0 saturated carbocycles. The normalized spacial score (nSPS) is 0. The van der Waals surface area contributed by atoms with Crippen LogP contribution in [-0.4, -0.2) is 84.1 Å². The largest absolute Gasteiger partial charge is 0 e. The van der Waals surface area contributed by atoms with E-state index in [0.29, 0.717) is 0 Å². The van der Waals surface area contributed by atoms with Crippen molar-refractivity contribution in [3.8, 4) is 0 Å². The second-order valence-electron chi connectivity index (χ2n) is 0. The molecule has 0 fully saturated rings. The van der Waals surface area contributed by atoms with Gasteiger partial charge in [-0.1, -0.05) is 0 Å². The zero-order valence-corrected chi connectivity index (χ0v) is 11.9. The molecule has 0 atom stereocenters. The monoisotopic (exact) mass is 228 g/mol. The van der Waals surface area contributed by atoms with Crippen molar-refractivity contribution in [2.45, 2.75) is 0 Å². The molecule has 0 heterocycles. The Kier molecular flexibility index (Phi) is 107. The molecule has 0 rings (SSSR count). The minimum Gasteiger partial charge on any atom is 0 e. The van der Waals surface area contributed by atoms with Crippen LogP contribution >= 0.6 is 0 Å². The summed E-state index contributed by atoms with van der Waals surface area (Å²) in [5, 5.41) is 0. The van der Waals surface area contributed by atoms with E-state index in [1.54, 1.807) is 0 Å². The molecule has 0 spiro atoms. The Bertz CT molecular complexity index is 8.00. The SMILES string of the molecule is [Ga].[Li].[Sr].[Zn]. The Morgan fingerprint density at radius 3 is 1.00 bits per heavy atom. The van der Waals surface area contributed by atoms with Gasteiger partial charge >= 0.3 is 0 Å². The molecule has 0 nitrogen and oxygen atoms in total. The summed E-state index contributed by atoms with van der Waals surface area (Å²) in [4.78, 5) is 0. The van der Waals surface area contributed by atoms with Gasteiger partial charge in [-0.3, -0.25) is 0 Å². The first-order valence-corrected chi connectivity index (χ1v) is 0. The van der Waals surface area contributed by atoms with Gasteiger partial charge in [0.05, 0.1) is 0 Å². The summed E-state index contributed by atoms with van der Waals surface area (Å²) < 4.78 is 0. The second-order valence-corrected chi connectivity index (χ2v) is 0. The minimum absolute atomic E-state index is 0. The summed E-state index contributed by atoms with van der Waals surface area (Å²) in [5.74, 6) is 0. The van der Waals surface area contributed by atoms with Crippen LogP contribution in [0.2, 0.25) is 0 Å². The molecular weight excluding hydrogens is 230 g/mol. The van der Waals surface area contributed by atoms with Crippen LogP contribution < -0.4 is 0 Å². The zero-order chi connectivity index (χ0) is 0. The molecule has 0 unspecified atom stereocenters. The minimum atomic E-state index is 0.